The van der Waals surface area contributed by atoms with Crippen molar-refractivity contribution in [2.75, 3.05) is 12.9 Å². The highest BCUT2D eigenvalue weighted by atomic mass is 32.2. The molecule has 1 fully saturated rings. The molecule has 0 spiro atoms. The van der Waals surface area contributed by atoms with Crippen LogP contribution in [0.25, 0.3) is 0 Å². The van der Waals surface area contributed by atoms with E-state index in [0.717, 1.165) is 56.3 Å². The Morgan fingerprint density at radius 1 is 0.971 bits per heavy atom. The SMILES string of the molecule is COC(=O)CCC/C=C\C[C@@H]1[C@@H](C/C=C/CCCCC[S+]([O-])c2ccc(C)cc2)[C@H](O)C[C@@H]1O. The van der Waals surface area contributed by atoms with E-state index in [-0.39, 0.29) is 17.8 Å². The maximum atomic E-state index is 12.3. The van der Waals surface area contributed by atoms with E-state index in [1.165, 1.54) is 12.7 Å². The lowest BCUT2D eigenvalue weighted by molar-refractivity contribution is -0.140. The van der Waals surface area contributed by atoms with Gasteiger partial charge in [0.05, 0.1) is 19.3 Å². The molecule has 1 aliphatic carbocycles. The van der Waals surface area contributed by atoms with Gasteiger partial charge in [0.25, 0.3) is 0 Å². The Labute approximate surface area is 208 Å². The molecular weight excluding hydrogens is 448 g/mol. The molecule has 1 aromatic rings. The van der Waals surface area contributed by atoms with Gasteiger partial charge in [0.15, 0.2) is 4.90 Å². The summed E-state index contributed by atoms with van der Waals surface area (Å²) >= 11 is -0.917. The predicted molar refractivity (Wildman–Crippen MR) is 138 cm³/mol. The Morgan fingerprint density at radius 2 is 1.56 bits per heavy atom. The van der Waals surface area contributed by atoms with Crippen LogP contribution in [0.1, 0.15) is 69.8 Å². The fourth-order valence-electron chi connectivity index (χ4n) is 4.52. The second-order valence-electron chi connectivity index (χ2n) is 9.29. The lowest BCUT2D eigenvalue weighted by atomic mass is 9.87. The molecule has 5 atom stereocenters. The molecule has 2 rings (SSSR count). The minimum absolute atomic E-state index is 0.0632. The summed E-state index contributed by atoms with van der Waals surface area (Å²) in [7, 11) is 1.40. The number of rotatable bonds is 15. The highest BCUT2D eigenvalue weighted by Crippen LogP contribution is 2.37. The summed E-state index contributed by atoms with van der Waals surface area (Å²) in [5.41, 5.74) is 1.18. The second-order valence-corrected chi connectivity index (χ2v) is 10.9. The van der Waals surface area contributed by atoms with E-state index in [2.05, 4.69) is 29.0 Å². The maximum Gasteiger partial charge on any atom is 0.305 e. The van der Waals surface area contributed by atoms with Crippen LogP contribution in [0.5, 0.6) is 0 Å². The summed E-state index contributed by atoms with van der Waals surface area (Å²) in [5, 5.41) is 20.8. The van der Waals surface area contributed by atoms with E-state index in [1.807, 2.05) is 31.2 Å². The van der Waals surface area contributed by atoms with Crippen LogP contribution in [-0.4, -0.2) is 45.8 Å². The lowest BCUT2D eigenvalue weighted by Gasteiger charge is -2.21. The molecule has 0 amide bonds. The van der Waals surface area contributed by atoms with Gasteiger partial charge in [0, 0.05) is 6.42 Å². The Bertz CT molecular complexity index is 761. The van der Waals surface area contributed by atoms with E-state index in [4.69, 9.17) is 0 Å². The molecule has 0 bridgehead atoms. The minimum Gasteiger partial charge on any atom is -0.611 e. The summed E-state index contributed by atoms with van der Waals surface area (Å²) < 4.78 is 17.0. The van der Waals surface area contributed by atoms with Crippen molar-refractivity contribution in [3.05, 3.63) is 54.1 Å². The topological polar surface area (TPSA) is 89.8 Å². The molecule has 0 aromatic heterocycles. The van der Waals surface area contributed by atoms with Gasteiger partial charge in [-0.25, -0.2) is 0 Å². The maximum absolute atomic E-state index is 12.3. The first-order chi connectivity index (χ1) is 16.4. The molecule has 190 valence electrons. The molecule has 1 unspecified atom stereocenters. The Kier molecular flexibility index (Phi) is 13.6. The van der Waals surface area contributed by atoms with Crippen LogP contribution >= 0.6 is 0 Å². The standard InChI is InChI=1S/C28H42O5S/c1-22-16-18-23(19-17-22)34(32)20-12-8-4-3-5-9-13-24-25(27(30)21-26(24)29)14-10-6-7-11-15-28(31)33-2/h5-6,9-10,16-19,24-27,29-30H,3-4,7-8,11-15,20-21H2,1-2H3/b9-5+,10-6-/t24-,25-,26-,27+,34?/m1/s1. The first-order valence-electron chi connectivity index (χ1n) is 12.6. The van der Waals surface area contributed by atoms with Crippen LogP contribution in [0.4, 0.5) is 0 Å². The van der Waals surface area contributed by atoms with Crippen molar-refractivity contribution < 1.29 is 24.3 Å². The zero-order chi connectivity index (χ0) is 24.8. The van der Waals surface area contributed by atoms with Gasteiger partial charge in [-0.05, 0) is 99.9 Å². The molecule has 1 saturated carbocycles. The van der Waals surface area contributed by atoms with Crippen molar-refractivity contribution in [2.45, 2.75) is 88.2 Å². The Balaban J connectivity index is 1.62. The first kappa shape index (κ1) is 28.6. The summed E-state index contributed by atoms with van der Waals surface area (Å²) in [4.78, 5) is 12.0. The van der Waals surface area contributed by atoms with E-state index in [1.54, 1.807) is 0 Å². The van der Waals surface area contributed by atoms with E-state index in [0.29, 0.717) is 18.6 Å². The van der Waals surface area contributed by atoms with Crippen molar-refractivity contribution in [1.29, 1.82) is 0 Å². The largest absolute Gasteiger partial charge is 0.611 e. The second kappa shape index (κ2) is 16.1. The lowest BCUT2D eigenvalue weighted by Crippen LogP contribution is -2.21. The van der Waals surface area contributed by atoms with Gasteiger partial charge in [-0.15, -0.1) is 0 Å². The van der Waals surface area contributed by atoms with Gasteiger partial charge >= 0.3 is 5.97 Å². The number of carbonyl (C=O) groups is 1. The molecule has 6 heteroatoms. The Hall–Kier alpha value is -1.60. The molecular formula is C28H42O5S. The first-order valence-corrected chi connectivity index (χ1v) is 13.9. The number of hydrogen-bond donors (Lipinski definition) is 2. The van der Waals surface area contributed by atoms with Crippen molar-refractivity contribution in [2.24, 2.45) is 11.8 Å². The number of allylic oxidation sites excluding steroid dienone is 4. The zero-order valence-electron chi connectivity index (χ0n) is 20.7. The summed E-state index contributed by atoms with van der Waals surface area (Å²) in [6.45, 7) is 2.03. The van der Waals surface area contributed by atoms with Crippen molar-refractivity contribution >= 4 is 17.1 Å². The molecule has 1 aromatic carbocycles. The molecule has 2 N–H and O–H groups in total. The fourth-order valence-corrected chi connectivity index (χ4v) is 5.66. The fraction of sp³-hybridized carbons (Fsp3) is 0.607. The van der Waals surface area contributed by atoms with Crippen LogP contribution in [-0.2, 0) is 20.7 Å². The molecule has 34 heavy (non-hydrogen) atoms. The average molecular weight is 491 g/mol. The van der Waals surface area contributed by atoms with Crippen LogP contribution in [0.3, 0.4) is 0 Å². The number of benzene rings is 1. The van der Waals surface area contributed by atoms with E-state index < -0.39 is 23.4 Å². The number of ether oxygens (including phenoxy) is 1. The Morgan fingerprint density at radius 3 is 2.15 bits per heavy atom. The third-order valence-corrected chi connectivity index (χ3v) is 8.09. The molecule has 5 nitrogen and oxygen atoms in total. The molecule has 0 aliphatic heterocycles. The number of hydrogen-bond acceptors (Lipinski definition) is 5. The number of unbranched alkanes of at least 4 members (excludes halogenated alkanes) is 4. The normalized spacial score (nSPS) is 23.7. The summed E-state index contributed by atoms with van der Waals surface area (Å²) in [5.74, 6) is 0.652. The van der Waals surface area contributed by atoms with Crippen LogP contribution in [0, 0.1) is 18.8 Å². The zero-order valence-corrected chi connectivity index (χ0v) is 21.6. The molecule has 0 radical (unpaired) electrons. The number of esters is 1. The number of aryl methyl sites for hydroxylation is 1. The van der Waals surface area contributed by atoms with Crippen LogP contribution in [0.2, 0.25) is 0 Å². The number of methoxy groups -OCH3 is 1. The number of carbonyl (C=O) groups excluding carboxylic acids is 1. The van der Waals surface area contributed by atoms with Gasteiger partial charge in [-0.1, -0.05) is 42.0 Å². The average Bonchev–Trinajstić information content (AvgIpc) is 3.09. The van der Waals surface area contributed by atoms with Crippen molar-refractivity contribution in [1.82, 2.24) is 0 Å². The van der Waals surface area contributed by atoms with Gasteiger partial charge < -0.3 is 19.5 Å². The van der Waals surface area contributed by atoms with Crippen LogP contribution < -0.4 is 0 Å². The molecule has 1 aliphatic rings. The van der Waals surface area contributed by atoms with E-state index in [9.17, 15) is 19.6 Å². The van der Waals surface area contributed by atoms with Gasteiger partial charge in [-0.3, -0.25) is 4.79 Å². The van der Waals surface area contributed by atoms with Crippen molar-refractivity contribution in [3.8, 4) is 0 Å². The third kappa shape index (κ3) is 10.3. The predicted octanol–water partition coefficient (Wildman–Crippen LogP) is 5.26. The van der Waals surface area contributed by atoms with E-state index >= 15 is 0 Å². The quantitative estimate of drug-likeness (QED) is 0.152. The van der Waals surface area contributed by atoms with Gasteiger partial charge in [0.2, 0.25) is 0 Å². The number of aliphatic hydroxyl groups is 2. The number of aliphatic hydroxyl groups excluding tert-OH is 2. The van der Waals surface area contributed by atoms with Gasteiger partial charge in [-0.2, -0.15) is 0 Å². The molecule has 0 heterocycles. The van der Waals surface area contributed by atoms with Crippen molar-refractivity contribution in [3.63, 3.8) is 0 Å². The third-order valence-electron chi connectivity index (χ3n) is 6.63. The van der Waals surface area contributed by atoms with Crippen LogP contribution in [0.15, 0.2) is 53.5 Å². The highest BCUT2D eigenvalue weighted by Gasteiger charge is 2.39. The van der Waals surface area contributed by atoms with Gasteiger partial charge in [0.1, 0.15) is 5.75 Å². The highest BCUT2D eigenvalue weighted by molar-refractivity contribution is 7.91. The summed E-state index contributed by atoms with van der Waals surface area (Å²) in [6.07, 6.45) is 15.5. The minimum atomic E-state index is -0.917. The smallest absolute Gasteiger partial charge is 0.305 e. The molecule has 0 saturated heterocycles. The monoisotopic (exact) mass is 490 g/mol. The summed E-state index contributed by atoms with van der Waals surface area (Å²) in [6, 6.07) is 7.92.